The van der Waals surface area contributed by atoms with Crippen LogP contribution in [0, 0.1) is 0 Å². The monoisotopic (exact) mass is 176 g/mol. The van der Waals surface area contributed by atoms with E-state index < -0.39 is 0 Å². The van der Waals surface area contributed by atoms with Crippen LogP contribution in [0.1, 0.15) is 15.9 Å². The number of carbonyl (C=O) groups is 1. The molecule has 0 atom stereocenters. The Labute approximate surface area is 75.5 Å². The van der Waals surface area contributed by atoms with Gasteiger partial charge in [0.1, 0.15) is 0 Å². The van der Waals surface area contributed by atoms with Crippen LogP contribution >= 0.6 is 11.8 Å². The lowest BCUT2D eigenvalue weighted by Gasteiger charge is -1.99. The number of hydrogen-bond donors (Lipinski definition) is 0. The predicted molar refractivity (Wildman–Crippen MR) is 51.6 cm³/mol. The fourth-order valence-corrected chi connectivity index (χ4v) is 1.72. The van der Waals surface area contributed by atoms with Crippen LogP contribution in [0.5, 0.6) is 0 Å². The molecule has 0 bridgehead atoms. The summed E-state index contributed by atoms with van der Waals surface area (Å²) >= 11 is 1.66. The van der Waals surface area contributed by atoms with Gasteiger partial charge in [-0.15, -0.1) is 11.8 Å². The Morgan fingerprint density at radius 2 is 2.08 bits per heavy atom. The second-order valence-corrected chi connectivity index (χ2v) is 3.53. The standard InChI is InChI=1S/C10H8OS/c1-12-8-4-2-7-3-5-10(11)9(7)6-8/h2-6H,1H3. The highest BCUT2D eigenvalue weighted by atomic mass is 32.2. The minimum atomic E-state index is 0.126. The molecule has 0 amide bonds. The average Bonchev–Trinajstić information content (AvgIpc) is 2.47. The van der Waals surface area contributed by atoms with Crippen molar-refractivity contribution in [2.24, 2.45) is 0 Å². The lowest BCUT2D eigenvalue weighted by atomic mass is 10.1. The van der Waals surface area contributed by atoms with Gasteiger partial charge in [-0.05, 0) is 30.0 Å². The molecule has 2 heteroatoms. The van der Waals surface area contributed by atoms with Crippen molar-refractivity contribution in [2.75, 3.05) is 6.26 Å². The molecule has 0 radical (unpaired) electrons. The van der Waals surface area contributed by atoms with Crippen molar-refractivity contribution in [3.63, 3.8) is 0 Å². The lowest BCUT2D eigenvalue weighted by molar-refractivity contribution is 0.105. The van der Waals surface area contributed by atoms with E-state index in [1.54, 1.807) is 17.8 Å². The Bertz CT molecular complexity index is 366. The highest BCUT2D eigenvalue weighted by Gasteiger charge is 2.12. The van der Waals surface area contributed by atoms with E-state index in [1.165, 1.54) is 0 Å². The molecule has 0 saturated heterocycles. The van der Waals surface area contributed by atoms with Crippen molar-refractivity contribution >= 4 is 23.6 Å². The van der Waals surface area contributed by atoms with Crippen LogP contribution < -0.4 is 0 Å². The molecule has 0 aromatic heterocycles. The number of hydrogen-bond acceptors (Lipinski definition) is 2. The molecule has 12 heavy (non-hydrogen) atoms. The Hall–Kier alpha value is -1.02. The molecule has 2 rings (SSSR count). The molecule has 1 aromatic rings. The molecule has 0 saturated carbocycles. The third kappa shape index (κ3) is 1.08. The van der Waals surface area contributed by atoms with Crippen molar-refractivity contribution < 1.29 is 4.79 Å². The molecule has 1 aliphatic rings. The number of rotatable bonds is 1. The molecule has 0 aliphatic heterocycles. The van der Waals surface area contributed by atoms with Gasteiger partial charge >= 0.3 is 0 Å². The molecular weight excluding hydrogens is 168 g/mol. The maximum atomic E-state index is 11.2. The summed E-state index contributed by atoms with van der Waals surface area (Å²) in [4.78, 5) is 12.4. The topological polar surface area (TPSA) is 17.1 Å². The first-order chi connectivity index (χ1) is 5.81. The van der Waals surface area contributed by atoms with Gasteiger partial charge in [0.2, 0.25) is 0 Å². The van der Waals surface area contributed by atoms with Crippen LogP contribution in [0.15, 0.2) is 29.2 Å². The summed E-state index contributed by atoms with van der Waals surface area (Å²) in [6.07, 6.45) is 5.49. The molecule has 60 valence electrons. The van der Waals surface area contributed by atoms with E-state index in [2.05, 4.69) is 0 Å². The smallest absolute Gasteiger partial charge is 0.186 e. The summed E-state index contributed by atoms with van der Waals surface area (Å²) in [7, 11) is 0. The van der Waals surface area contributed by atoms with Crippen molar-refractivity contribution in [2.45, 2.75) is 4.90 Å². The second kappa shape index (κ2) is 2.79. The zero-order valence-electron chi connectivity index (χ0n) is 6.70. The van der Waals surface area contributed by atoms with Gasteiger partial charge in [-0.1, -0.05) is 12.1 Å². The second-order valence-electron chi connectivity index (χ2n) is 2.65. The van der Waals surface area contributed by atoms with Crippen molar-refractivity contribution in [3.05, 3.63) is 35.4 Å². The van der Waals surface area contributed by atoms with E-state index in [4.69, 9.17) is 0 Å². The molecule has 1 aromatic carbocycles. The third-order valence-corrected chi connectivity index (χ3v) is 2.67. The molecule has 1 nitrogen and oxygen atoms in total. The van der Waals surface area contributed by atoms with Crippen LogP contribution in [-0.2, 0) is 0 Å². The van der Waals surface area contributed by atoms with Gasteiger partial charge in [-0.25, -0.2) is 0 Å². The molecular formula is C10H8OS. The molecule has 0 fully saturated rings. The fourth-order valence-electron chi connectivity index (χ4n) is 1.28. The van der Waals surface area contributed by atoms with Gasteiger partial charge in [0.15, 0.2) is 5.78 Å². The number of thioether (sulfide) groups is 1. The van der Waals surface area contributed by atoms with Gasteiger partial charge < -0.3 is 0 Å². The van der Waals surface area contributed by atoms with Crippen LogP contribution in [0.4, 0.5) is 0 Å². The van der Waals surface area contributed by atoms with Crippen LogP contribution in [0.2, 0.25) is 0 Å². The number of fused-ring (bicyclic) bond motifs is 1. The quantitative estimate of drug-likeness (QED) is 0.612. The van der Waals surface area contributed by atoms with Gasteiger partial charge in [-0.3, -0.25) is 4.79 Å². The highest BCUT2D eigenvalue weighted by Crippen LogP contribution is 2.24. The maximum absolute atomic E-state index is 11.2. The largest absolute Gasteiger partial charge is 0.289 e. The lowest BCUT2D eigenvalue weighted by Crippen LogP contribution is -1.91. The van der Waals surface area contributed by atoms with Crippen molar-refractivity contribution in [1.29, 1.82) is 0 Å². The SMILES string of the molecule is CSc1ccc2c(c1)C(=O)C=C2. The van der Waals surface area contributed by atoms with E-state index in [-0.39, 0.29) is 5.78 Å². The summed E-state index contributed by atoms with van der Waals surface area (Å²) in [6.45, 7) is 0. The van der Waals surface area contributed by atoms with Gasteiger partial charge in [0.25, 0.3) is 0 Å². The Morgan fingerprint density at radius 3 is 2.83 bits per heavy atom. The van der Waals surface area contributed by atoms with Gasteiger partial charge in [0, 0.05) is 10.5 Å². The summed E-state index contributed by atoms with van der Waals surface area (Å²) in [5.41, 5.74) is 1.87. The molecule has 0 N–H and O–H groups in total. The molecule has 1 aliphatic carbocycles. The minimum absolute atomic E-state index is 0.126. The Balaban J connectivity index is 2.55. The van der Waals surface area contributed by atoms with Crippen LogP contribution in [0.3, 0.4) is 0 Å². The van der Waals surface area contributed by atoms with E-state index in [9.17, 15) is 4.79 Å². The van der Waals surface area contributed by atoms with E-state index in [0.717, 1.165) is 16.0 Å². The number of benzene rings is 1. The Morgan fingerprint density at radius 1 is 1.25 bits per heavy atom. The summed E-state index contributed by atoms with van der Waals surface area (Å²) in [6, 6.07) is 5.97. The zero-order valence-corrected chi connectivity index (χ0v) is 7.52. The summed E-state index contributed by atoms with van der Waals surface area (Å²) < 4.78 is 0. The van der Waals surface area contributed by atoms with E-state index in [1.807, 2.05) is 30.5 Å². The first-order valence-corrected chi connectivity index (χ1v) is 4.94. The predicted octanol–water partition coefficient (Wildman–Crippen LogP) is 2.62. The Kier molecular flexibility index (Phi) is 1.77. The number of ketones is 1. The highest BCUT2D eigenvalue weighted by molar-refractivity contribution is 7.98. The average molecular weight is 176 g/mol. The fraction of sp³-hybridized carbons (Fsp3) is 0.100. The van der Waals surface area contributed by atoms with Gasteiger partial charge in [-0.2, -0.15) is 0 Å². The summed E-state index contributed by atoms with van der Waals surface area (Å²) in [5.74, 6) is 0.126. The first kappa shape index (κ1) is 7.62. The van der Waals surface area contributed by atoms with E-state index in [0.29, 0.717) is 0 Å². The van der Waals surface area contributed by atoms with E-state index >= 15 is 0 Å². The van der Waals surface area contributed by atoms with Crippen LogP contribution in [-0.4, -0.2) is 12.0 Å². The number of allylic oxidation sites excluding steroid dienone is 1. The maximum Gasteiger partial charge on any atom is 0.186 e. The zero-order chi connectivity index (χ0) is 8.55. The first-order valence-electron chi connectivity index (χ1n) is 3.72. The van der Waals surface area contributed by atoms with Gasteiger partial charge in [0.05, 0.1) is 0 Å². The van der Waals surface area contributed by atoms with Crippen LogP contribution in [0.25, 0.3) is 6.08 Å². The third-order valence-electron chi connectivity index (χ3n) is 1.94. The minimum Gasteiger partial charge on any atom is -0.289 e. The normalized spacial score (nSPS) is 13.6. The van der Waals surface area contributed by atoms with Crippen molar-refractivity contribution in [1.82, 2.24) is 0 Å². The molecule has 0 spiro atoms. The number of carbonyl (C=O) groups excluding carboxylic acids is 1. The van der Waals surface area contributed by atoms with Crippen molar-refractivity contribution in [3.8, 4) is 0 Å². The molecule has 0 heterocycles. The molecule has 0 unspecified atom stereocenters. The summed E-state index contributed by atoms with van der Waals surface area (Å²) in [5, 5.41) is 0.